The second kappa shape index (κ2) is 11.6. The second-order valence-corrected chi connectivity index (χ2v) is 6.40. The van der Waals surface area contributed by atoms with Crippen LogP contribution in [0, 0.1) is 6.92 Å². The van der Waals surface area contributed by atoms with Gasteiger partial charge in [0.15, 0.2) is 5.96 Å². The van der Waals surface area contributed by atoms with E-state index >= 15 is 0 Å². The number of hydrogen-bond donors (Lipinski definition) is 3. The van der Waals surface area contributed by atoms with Gasteiger partial charge in [-0.05, 0) is 19.1 Å². The summed E-state index contributed by atoms with van der Waals surface area (Å²) in [7, 11) is -0.199. The van der Waals surface area contributed by atoms with Crippen molar-refractivity contribution in [1.29, 1.82) is 0 Å². The highest BCUT2D eigenvalue weighted by Gasteiger charge is 2.12. The molecule has 0 aliphatic heterocycles. The fourth-order valence-corrected chi connectivity index (χ4v) is 2.69. The molecule has 0 fully saturated rings. The lowest BCUT2D eigenvalue weighted by Crippen LogP contribution is -2.42. The first-order valence-electron chi connectivity index (χ1n) is 6.99. The van der Waals surface area contributed by atoms with Crippen molar-refractivity contribution in [1.82, 2.24) is 15.4 Å². The van der Waals surface area contributed by atoms with Crippen LogP contribution in [0.5, 0.6) is 0 Å². The maximum atomic E-state index is 12.1. The van der Waals surface area contributed by atoms with Gasteiger partial charge >= 0.3 is 0 Å². The predicted octanol–water partition coefficient (Wildman–Crippen LogP) is 0.703. The van der Waals surface area contributed by atoms with Crippen molar-refractivity contribution < 1.29 is 13.2 Å². The van der Waals surface area contributed by atoms with Crippen molar-refractivity contribution in [2.24, 2.45) is 4.99 Å². The number of nitrogens with one attached hydrogen (secondary N) is 3. The normalized spacial score (nSPS) is 11.7. The van der Waals surface area contributed by atoms with Gasteiger partial charge in [0.25, 0.3) is 0 Å². The minimum absolute atomic E-state index is 0. The molecule has 0 bridgehead atoms. The first-order chi connectivity index (χ1) is 10.5. The molecule has 0 saturated carbocycles. The standard InChI is InChI=1S/C14H24N4O3S.HI/c1-12-4-6-13(7-5-12)22(19,20)18-9-8-16-14(15-2)17-10-11-21-3;/h4-7,18H,8-11H2,1-3H3,(H2,15,16,17);1H. The Morgan fingerprint density at radius 3 is 2.30 bits per heavy atom. The molecule has 1 rings (SSSR count). The van der Waals surface area contributed by atoms with Crippen LogP contribution in [0.25, 0.3) is 0 Å². The number of aryl methyl sites for hydroxylation is 1. The third-order valence-corrected chi connectivity index (χ3v) is 4.34. The van der Waals surface area contributed by atoms with Crippen LogP contribution < -0.4 is 15.4 Å². The quantitative estimate of drug-likeness (QED) is 0.232. The summed E-state index contributed by atoms with van der Waals surface area (Å²) in [5.74, 6) is 0.603. The highest BCUT2D eigenvalue weighted by atomic mass is 127. The molecule has 0 spiro atoms. The minimum Gasteiger partial charge on any atom is -0.383 e. The number of aliphatic imine (C=N–C) groups is 1. The van der Waals surface area contributed by atoms with Crippen molar-refractivity contribution in [3.8, 4) is 0 Å². The van der Waals surface area contributed by atoms with Crippen molar-refractivity contribution in [3.63, 3.8) is 0 Å². The lowest BCUT2D eigenvalue weighted by molar-refractivity contribution is 0.203. The predicted molar refractivity (Wildman–Crippen MR) is 103 cm³/mol. The summed E-state index contributed by atoms with van der Waals surface area (Å²) in [5, 5.41) is 6.06. The van der Waals surface area contributed by atoms with E-state index in [4.69, 9.17) is 4.74 Å². The van der Waals surface area contributed by atoms with E-state index < -0.39 is 10.0 Å². The smallest absolute Gasteiger partial charge is 0.240 e. The van der Waals surface area contributed by atoms with E-state index in [9.17, 15) is 8.42 Å². The Hall–Kier alpha value is -0.910. The first-order valence-corrected chi connectivity index (χ1v) is 8.47. The van der Waals surface area contributed by atoms with Gasteiger partial charge in [0.1, 0.15) is 0 Å². The average molecular weight is 456 g/mol. The molecule has 132 valence electrons. The van der Waals surface area contributed by atoms with E-state index in [-0.39, 0.29) is 35.4 Å². The highest BCUT2D eigenvalue weighted by Crippen LogP contribution is 2.09. The van der Waals surface area contributed by atoms with Gasteiger partial charge in [-0.25, -0.2) is 13.1 Å². The van der Waals surface area contributed by atoms with Crippen LogP contribution >= 0.6 is 24.0 Å². The van der Waals surface area contributed by atoms with E-state index in [1.807, 2.05) is 6.92 Å². The van der Waals surface area contributed by atoms with E-state index in [1.54, 1.807) is 38.4 Å². The molecule has 23 heavy (non-hydrogen) atoms. The van der Waals surface area contributed by atoms with Crippen molar-refractivity contribution in [2.45, 2.75) is 11.8 Å². The zero-order valence-corrected chi connectivity index (χ0v) is 16.8. The summed E-state index contributed by atoms with van der Waals surface area (Å²) in [6, 6.07) is 6.73. The number of hydrogen-bond acceptors (Lipinski definition) is 4. The molecule has 0 saturated heterocycles. The number of benzene rings is 1. The number of ether oxygens (including phenoxy) is 1. The monoisotopic (exact) mass is 456 g/mol. The summed E-state index contributed by atoms with van der Waals surface area (Å²) in [5.41, 5.74) is 1.02. The van der Waals surface area contributed by atoms with Gasteiger partial charge in [0, 0.05) is 33.8 Å². The molecule has 0 atom stereocenters. The van der Waals surface area contributed by atoms with Gasteiger partial charge in [-0.1, -0.05) is 17.7 Å². The summed E-state index contributed by atoms with van der Waals surface area (Å²) in [6.45, 7) is 3.81. The van der Waals surface area contributed by atoms with E-state index in [0.29, 0.717) is 25.7 Å². The zero-order valence-electron chi connectivity index (χ0n) is 13.6. The number of halogens is 1. The van der Waals surface area contributed by atoms with Gasteiger partial charge in [0.2, 0.25) is 10.0 Å². The molecule has 0 unspecified atom stereocenters. The Kier molecular flexibility index (Phi) is 11.1. The zero-order chi connectivity index (χ0) is 16.4. The van der Waals surface area contributed by atoms with Crippen LogP contribution in [0.4, 0.5) is 0 Å². The topological polar surface area (TPSA) is 91.8 Å². The third-order valence-electron chi connectivity index (χ3n) is 2.86. The average Bonchev–Trinajstić information content (AvgIpc) is 2.50. The number of sulfonamides is 1. The summed E-state index contributed by atoms with van der Waals surface area (Å²) >= 11 is 0. The third kappa shape index (κ3) is 8.49. The van der Waals surface area contributed by atoms with E-state index in [0.717, 1.165) is 5.56 Å². The summed E-state index contributed by atoms with van der Waals surface area (Å²) in [6.07, 6.45) is 0. The van der Waals surface area contributed by atoms with Gasteiger partial charge < -0.3 is 15.4 Å². The molecule has 0 aliphatic carbocycles. The van der Waals surface area contributed by atoms with Crippen LogP contribution in [-0.4, -0.2) is 54.8 Å². The Balaban J connectivity index is 0.00000484. The van der Waals surface area contributed by atoms with Crippen molar-refractivity contribution >= 4 is 40.0 Å². The van der Waals surface area contributed by atoms with Crippen LogP contribution in [0.1, 0.15) is 5.56 Å². The van der Waals surface area contributed by atoms with E-state index in [2.05, 4.69) is 20.3 Å². The van der Waals surface area contributed by atoms with Crippen LogP contribution in [-0.2, 0) is 14.8 Å². The molecule has 0 radical (unpaired) electrons. The molecular formula is C14H25IN4O3S. The Bertz CT molecular complexity index is 576. The van der Waals surface area contributed by atoms with Gasteiger partial charge in [-0.2, -0.15) is 0 Å². The van der Waals surface area contributed by atoms with Gasteiger partial charge in [-0.15, -0.1) is 24.0 Å². The van der Waals surface area contributed by atoms with Crippen molar-refractivity contribution in [3.05, 3.63) is 29.8 Å². The van der Waals surface area contributed by atoms with Gasteiger partial charge in [-0.3, -0.25) is 4.99 Å². The number of nitrogens with zero attached hydrogens (tertiary/aromatic N) is 1. The van der Waals surface area contributed by atoms with Crippen molar-refractivity contribution in [2.75, 3.05) is 40.4 Å². The largest absolute Gasteiger partial charge is 0.383 e. The molecule has 0 heterocycles. The van der Waals surface area contributed by atoms with Crippen LogP contribution in [0.2, 0.25) is 0 Å². The second-order valence-electron chi connectivity index (χ2n) is 4.63. The maximum absolute atomic E-state index is 12.1. The Labute approximate surface area is 155 Å². The maximum Gasteiger partial charge on any atom is 0.240 e. The molecule has 0 aromatic heterocycles. The molecule has 9 heteroatoms. The highest BCUT2D eigenvalue weighted by molar-refractivity contribution is 14.0. The SMILES string of the molecule is CN=C(NCCNS(=O)(=O)c1ccc(C)cc1)NCCOC.I. The fraction of sp³-hybridized carbons (Fsp3) is 0.500. The van der Waals surface area contributed by atoms with E-state index in [1.165, 1.54) is 0 Å². The molecule has 1 aromatic rings. The number of rotatable bonds is 8. The Morgan fingerprint density at radius 1 is 1.13 bits per heavy atom. The van der Waals surface area contributed by atoms with Crippen LogP contribution in [0.3, 0.4) is 0 Å². The minimum atomic E-state index is -3.47. The number of guanidine groups is 1. The molecule has 0 amide bonds. The molecular weight excluding hydrogens is 431 g/mol. The summed E-state index contributed by atoms with van der Waals surface area (Å²) in [4.78, 5) is 4.29. The summed E-state index contributed by atoms with van der Waals surface area (Å²) < 4.78 is 31.6. The lowest BCUT2D eigenvalue weighted by atomic mass is 10.2. The van der Waals surface area contributed by atoms with Crippen LogP contribution in [0.15, 0.2) is 34.2 Å². The molecule has 3 N–H and O–H groups in total. The fourth-order valence-electron chi connectivity index (χ4n) is 1.66. The molecule has 0 aliphatic rings. The number of methoxy groups -OCH3 is 1. The lowest BCUT2D eigenvalue weighted by Gasteiger charge is -2.12. The van der Waals surface area contributed by atoms with Gasteiger partial charge in [0.05, 0.1) is 11.5 Å². The Morgan fingerprint density at radius 2 is 1.74 bits per heavy atom. The molecule has 7 nitrogen and oxygen atoms in total. The molecule has 1 aromatic carbocycles. The first kappa shape index (κ1) is 22.1.